The molecule has 2 amide bonds. The van der Waals surface area contributed by atoms with Crippen molar-refractivity contribution in [2.45, 2.75) is 64.1 Å². The fraction of sp³-hybridized carbons (Fsp3) is 0.875. The van der Waals surface area contributed by atoms with Gasteiger partial charge in [-0.15, -0.1) is 0 Å². The first kappa shape index (κ1) is 17.1. The highest BCUT2D eigenvalue weighted by Gasteiger charge is 2.39. The number of ether oxygens (including phenoxy) is 1. The number of rotatable bonds is 2. The highest BCUT2D eigenvalue weighted by Crippen LogP contribution is 2.23. The predicted octanol–water partition coefficient (Wildman–Crippen LogP) is 1.60. The monoisotopic (exact) mass is 311 g/mol. The van der Waals surface area contributed by atoms with E-state index < -0.39 is 5.60 Å². The molecule has 0 spiro atoms. The number of likely N-dealkylation sites (N-methyl/N-ethyl adjacent to an activating group) is 1. The Balaban J connectivity index is 1.99. The van der Waals surface area contributed by atoms with Crippen LogP contribution in [0.2, 0.25) is 0 Å². The topological polar surface area (TPSA) is 61.9 Å². The van der Waals surface area contributed by atoms with E-state index in [0.29, 0.717) is 6.54 Å². The Morgan fingerprint density at radius 1 is 1.18 bits per heavy atom. The van der Waals surface area contributed by atoms with Crippen molar-refractivity contribution in [3.05, 3.63) is 0 Å². The fourth-order valence-corrected chi connectivity index (χ4v) is 3.17. The molecule has 22 heavy (non-hydrogen) atoms. The van der Waals surface area contributed by atoms with Gasteiger partial charge in [-0.1, -0.05) is 0 Å². The molecule has 2 aliphatic heterocycles. The quantitative estimate of drug-likeness (QED) is 0.841. The molecule has 0 aromatic heterocycles. The van der Waals surface area contributed by atoms with Crippen molar-refractivity contribution in [2.75, 3.05) is 26.7 Å². The second-order valence-electron chi connectivity index (χ2n) is 7.26. The Bertz CT molecular complexity index is 413. The van der Waals surface area contributed by atoms with Crippen LogP contribution < -0.4 is 5.32 Å². The Hall–Kier alpha value is -1.30. The highest BCUT2D eigenvalue weighted by molar-refractivity contribution is 5.86. The first-order valence-electron chi connectivity index (χ1n) is 8.26. The molecule has 2 heterocycles. The van der Waals surface area contributed by atoms with E-state index in [1.54, 1.807) is 4.90 Å². The molecule has 1 N–H and O–H groups in total. The van der Waals surface area contributed by atoms with Crippen molar-refractivity contribution < 1.29 is 14.3 Å². The van der Waals surface area contributed by atoms with Crippen LogP contribution in [0.5, 0.6) is 0 Å². The van der Waals surface area contributed by atoms with Crippen LogP contribution >= 0.6 is 0 Å². The zero-order valence-corrected chi connectivity index (χ0v) is 14.2. The molecule has 0 aromatic rings. The summed E-state index contributed by atoms with van der Waals surface area (Å²) in [6.45, 7) is 8.04. The summed E-state index contributed by atoms with van der Waals surface area (Å²) in [6.07, 6.45) is 3.16. The van der Waals surface area contributed by atoms with Crippen molar-refractivity contribution >= 4 is 12.0 Å². The van der Waals surface area contributed by atoms with E-state index in [-0.39, 0.29) is 24.1 Å². The maximum atomic E-state index is 12.8. The summed E-state index contributed by atoms with van der Waals surface area (Å²) >= 11 is 0. The Kier molecular flexibility index (Phi) is 5.32. The molecule has 2 fully saturated rings. The lowest BCUT2D eigenvalue weighted by Crippen LogP contribution is -2.52. The van der Waals surface area contributed by atoms with E-state index in [1.165, 1.54) is 0 Å². The third-order valence-corrected chi connectivity index (χ3v) is 4.37. The van der Waals surface area contributed by atoms with Gasteiger partial charge in [0.15, 0.2) is 0 Å². The molecule has 6 heteroatoms. The van der Waals surface area contributed by atoms with E-state index >= 15 is 0 Å². The molecule has 6 nitrogen and oxygen atoms in total. The summed E-state index contributed by atoms with van der Waals surface area (Å²) in [4.78, 5) is 28.5. The molecular formula is C16H29N3O3. The van der Waals surface area contributed by atoms with Gasteiger partial charge in [-0.25, -0.2) is 4.79 Å². The minimum absolute atomic E-state index is 0.0512. The van der Waals surface area contributed by atoms with Crippen LogP contribution in [-0.4, -0.2) is 66.2 Å². The van der Waals surface area contributed by atoms with E-state index in [1.807, 2.05) is 32.7 Å². The van der Waals surface area contributed by atoms with E-state index in [0.717, 1.165) is 38.8 Å². The number of likely N-dealkylation sites (tertiary alicyclic amines) is 1. The summed E-state index contributed by atoms with van der Waals surface area (Å²) < 4.78 is 5.43. The minimum atomic E-state index is -0.534. The zero-order valence-electron chi connectivity index (χ0n) is 14.2. The average Bonchev–Trinajstić information content (AvgIpc) is 2.94. The normalized spacial score (nSPS) is 23.5. The lowest BCUT2D eigenvalue weighted by Gasteiger charge is -2.35. The lowest BCUT2D eigenvalue weighted by atomic mass is 10.0. The van der Waals surface area contributed by atoms with Crippen LogP contribution in [0.4, 0.5) is 4.79 Å². The average molecular weight is 311 g/mol. The Labute approximate surface area is 133 Å². The van der Waals surface area contributed by atoms with Gasteiger partial charge in [0.25, 0.3) is 0 Å². The zero-order chi connectivity index (χ0) is 16.3. The number of carbonyl (C=O) groups excluding carboxylic acids is 2. The van der Waals surface area contributed by atoms with Gasteiger partial charge in [0, 0.05) is 19.6 Å². The molecule has 2 rings (SSSR count). The van der Waals surface area contributed by atoms with Crippen LogP contribution in [0.3, 0.4) is 0 Å². The third-order valence-electron chi connectivity index (χ3n) is 4.37. The van der Waals surface area contributed by atoms with Gasteiger partial charge in [0.05, 0.1) is 0 Å². The molecule has 2 saturated heterocycles. The lowest BCUT2D eigenvalue weighted by molar-refractivity contribution is -0.137. The molecule has 1 atom stereocenters. The maximum absolute atomic E-state index is 12.8. The molecular weight excluding hydrogens is 282 g/mol. The minimum Gasteiger partial charge on any atom is -0.444 e. The molecule has 126 valence electrons. The number of hydrogen-bond donors (Lipinski definition) is 1. The van der Waals surface area contributed by atoms with Gasteiger partial charge in [0.2, 0.25) is 5.91 Å². The number of piperidine rings is 1. The van der Waals surface area contributed by atoms with Crippen molar-refractivity contribution in [3.63, 3.8) is 0 Å². The van der Waals surface area contributed by atoms with Crippen LogP contribution in [0.1, 0.15) is 46.5 Å². The highest BCUT2D eigenvalue weighted by atomic mass is 16.6. The van der Waals surface area contributed by atoms with Gasteiger partial charge in [-0.3, -0.25) is 9.69 Å². The third kappa shape index (κ3) is 4.12. The Morgan fingerprint density at radius 2 is 1.82 bits per heavy atom. The van der Waals surface area contributed by atoms with E-state index in [9.17, 15) is 9.59 Å². The second-order valence-corrected chi connectivity index (χ2v) is 7.26. The SMILES string of the molecule is CN(C(=O)C1CCCN1C(=O)OC(C)(C)C)C1CCNCC1. The first-order valence-corrected chi connectivity index (χ1v) is 8.26. The molecule has 0 saturated carbocycles. The van der Waals surface area contributed by atoms with E-state index in [2.05, 4.69) is 5.32 Å². The molecule has 1 unspecified atom stereocenters. The van der Waals surface area contributed by atoms with Crippen LogP contribution in [0.15, 0.2) is 0 Å². The van der Waals surface area contributed by atoms with Gasteiger partial charge < -0.3 is 15.0 Å². The number of nitrogens with zero attached hydrogens (tertiary/aromatic N) is 2. The summed E-state index contributed by atoms with van der Waals surface area (Å²) in [5.74, 6) is 0.0512. The summed E-state index contributed by atoms with van der Waals surface area (Å²) in [5.41, 5.74) is -0.534. The Morgan fingerprint density at radius 3 is 2.41 bits per heavy atom. The van der Waals surface area contributed by atoms with Gasteiger partial charge >= 0.3 is 6.09 Å². The van der Waals surface area contributed by atoms with Crippen molar-refractivity contribution in [3.8, 4) is 0 Å². The standard InChI is InChI=1S/C16H29N3O3/c1-16(2,3)22-15(21)19-11-5-6-13(19)14(20)18(4)12-7-9-17-10-8-12/h12-13,17H,5-11H2,1-4H3. The van der Waals surface area contributed by atoms with Crippen LogP contribution in [-0.2, 0) is 9.53 Å². The summed E-state index contributed by atoms with van der Waals surface area (Å²) in [6, 6.07) is -0.0930. The van der Waals surface area contributed by atoms with Gasteiger partial charge in [0.1, 0.15) is 11.6 Å². The predicted molar refractivity (Wildman–Crippen MR) is 84.6 cm³/mol. The van der Waals surface area contributed by atoms with E-state index in [4.69, 9.17) is 4.74 Å². The number of hydrogen-bond acceptors (Lipinski definition) is 4. The maximum Gasteiger partial charge on any atom is 0.410 e. The van der Waals surface area contributed by atoms with Crippen molar-refractivity contribution in [2.24, 2.45) is 0 Å². The molecule has 0 aromatic carbocycles. The smallest absolute Gasteiger partial charge is 0.410 e. The number of carbonyl (C=O) groups is 2. The summed E-state index contributed by atoms with van der Waals surface area (Å²) in [5, 5.41) is 3.31. The molecule has 0 radical (unpaired) electrons. The van der Waals surface area contributed by atoms with Crippen LogP contribution in [0.25, 0.3) is 0 Å². The number of amides is 2. The van der Waals surface area contributed by atoms with Gasteiger partial charge in [-0.05, 0) is 59.5 Å². The van der Waals surface area contributed by atoms with Crippen LogP contribution in [0, 0.1) is 0 Å². The van der Waals surface area contributed by atoms with Gasteiger partial charge in [-0.2, -0.15) is 0 Å². The molecule has 0 aliphatic carbocycles. The fourth-order valence-electron chi connectivity index (χ4n) is 3.17. The van der Waals surface area contributed by atoms with Crippen molar-refractivity contribution in [1.82, 2.24) is 15.1 Å². The molecule has 0 bridgehead atoms. The largest absolute Gasteiger partial charge is 0.444 e. The second kappa shape index (κ2) is 6.86. The number of nitrogens with one attached hydrogen (secondary N) is 1. The van der Waals surface area contributed by atoms with Crippen molar-refractivity contribution in [1.29, 1.82) is 0 Å². The summed E-state index contributed by atoms with van der Waals surface area (Å²) in [7, 11) is 1.86. The first-order chi connectivity index (χ1) is 10.3. The molecule has 2 aliphatic rings.